The third kappa shape index (κ3) is 4.26. The molecular weight excluding hydrogens is 202 g/mol. The largest absolute Gasteiger partial charge is 0.340 e. The van der Waals surface area contributed by atoms with Crippen LogP contribution in [-0.2, 0) is 4.79 Å². The fraction of sp³-hybridized carbons (Fsp3) is 0.889. The summed E-state index contributed by atoms with van der Waals surface area (Å²) in [5.41, 5.74) is 5.79. The first kappa shape index (κ1) is 13.7. The van der Waals surface area contributed by atoms with Crippen LogP contribution in [0.5, 0.6) is 0 Å². The monoisotopic (exact) mass is 221 g/mol. The van der Waals surface area contributed by atoms with E-state index in [9.17, 15) is 4.79 Å². The fourth-order valence-corrected chi connectivity index (χ4v) is 1.61. The SMILES string of the molecule is CN(C)CC(=O)N1CCC[C@@H](N)C1.Cl. The summed E-state index contributed by atoms with van der Waals surface area (Å²) in [6.07, 6.45) is 2.09. The van der Waals surface area contributed by atoms with Gasteiger partial charge in [0, 0.05) is 19.1 Å². The topological polar surface area (TPSA) is 49.6 Å². The zero-order valence-corrected chi connectivity index (χ0v) is 9.72. The highest BCUT2D eigenvalue weighted by Crippen LogP contribution is 2.08. The molecule has 2 N–H and O–H groups in total. The number of nitrogens with two attached hydrogens (primary N) is 1. The van der Waals surface area contributed by atoms with Gasteiger partial charge < -0.3 is 15.5 Å². The van der Waals surface area contributed by atoms with Gasteiger partial charge >= 0.3 is 0 Å². The summed E-state index contributed by atoms with van der Waals surface area (Å²) in [5, 5.41) is 0. The Morgan fingerprint density at radius 2 is 2.21 bits per heavy atom. The van der Waals surface area contributed by atoms with Gasteiger partial charge in [0.05, 0.1) is 6.54 Å². The molecule has 1 heterocycles. The molecule has 1 fully saturated rings. The summed E-state index contributed by atoms with van der Waals surface area (Å²) in [6.45, 7) is 2.10. The summed E-state index contributed by atoms with van der Waals surface area (Å²) < 4.78 is 0. The lowest BCUT2D eigenvalue weighted by Gasteiger charge is -2.31. The highest BCUT2D eigenvalue weighted by Gasteiger charge is 2.20. The van der Waals surface area contributed by atoms with Crippen molar-refractivity contribution in [1.82, 2.24) is 9.80 Å². The van der Waals surface area contributed by atoms with Crippen molar-refractivity contribution in [2.45, 2.75) is 18.9 Å². The van der Waals surface area contributed by atoms with Crippen LogP contribution in [0, 0.1) is 0 Å². The maximum absolute atomic E-state index is 11.6. The minimum absolute atomic E-state index is 0. The van der Waals surface area contributed by atoms with Crippen molar-refractivity contribution in [3.05, 3.63) is 0 Å². The number of halogens is 1. The number of carbonyl (C=O) groups excluding carboxylic acids is 1. The number of nitrogens with zero attached hydrogens (tertiary/aromatic N) is 2. The second-order valence-corrected chi connectivity index (χ2v) is 3.98. The molecule has 1 aliphatic rings. The molecular formula is C9H20ClN3O. The number of amides is 1. The van der Waals surface area contributed by atoms with Gasteiger partial charge in [-0.1, -0.05) is 0 Å². The maximum atomic E-state index is 11.6. The maximum Gasteiger partial charge on any atom is 0.236 e. The first-order valence-corrected chi connectivity index (χ1v) is 4.77. The molecule has 4 nitrogen and oxygen atoms in total. The molecule has 0 aromatic rings. The molecule has 0 radical (unpaired) electrons. The van der Waals surface area contributed by atoms with Gasteiger partial charge in [-0.3, -0.25) is 4.79 Å². The molecule has 1 aliphatic heterocycles. The van der Waals surface area contributed by atoms with Gasteiger partial charge in [0.1, 0.15) is 0 Å². The van der Waals surface area contributed by atoms with E-state index in [1.165, 1.54) is 0 Å². The van der Waals surface area contributed by atoms with E-state index in [4.69, 9.17) is 5.73 Å². The zero-order valence-electron chi connectivity index (χ0n) is 8.90. The molecule has 0 aromatic heterocycles. The van der Waals surface area contributed by atoms with Gasteiger partial charge in [0.2, 0.25) is 5.91 Å². The first-order chi connectivity index (χ1) is 6.09. The number of likely N-dealkylation sites (N-methyl/N-ethyl adjacent to an activating group) is 1. The molecule has 0 bridgehead atoms. The number of hydrogen-bond acceptors (Lipinski definition) is 3. The van der Waals surface area contributed by atoms with Crippen LogP contribution in [0.2, 0.25) is 0 Å². The van der Waals surface area contributed by atoms with Crippen LogP contribution in [0.3, 0.4) is 0 Å². The van der Waals surface area contributed by atoms with Crippen LogP contribution in [0.4, 0.5) is 0 Å². The summed E-state index contributed by atoms with van der Waals surface area (Å²) >= 11 is 0. The second kappa shape index (κ2) is 6.22. The quantitative estimate of drug-likeness (QED) is 0.710. The zero-order chi connectivity index (χ0) is 9.84. The van der Waals surface area contributed by atoms with Gasteiger partial charge in [0.15, 0.2) is 0 Å². The first-order valence-electron chi connectivity index (χ1n) is 4.77. The smallest absolute Gasteiger partial charge is 0.236 e. The van der Waals surface area contributed by atoms with Gasteiger partial charge in [-0.25, -0.2) is 0 Å². The second-order valence-electron chi connectivity index (χ2n) is 3.98. The van der Waals surface area contributed by atoms with Crippen molar-refractivity contribution in [2.75, 3.05) is 33.7 Å². The number of carbonyl (C=O) groups is 1. The van der Waals surface area contributed by atoms with Gasteiger partial charge in [-0.05, 0) is 26.9 Å². The van der Waals surface area contributed by atoms with E-state index in [0.717, 1.165) is 25.9 Å². The molecule has 84 valence electrons. The average molecular weight is 222 g/mol. The van der Waals surface area contributed by atoms with Crippen LogP contribution in [0.1, 0.15) is 12.8 Å². The number of rotatable bonds is 2. The highest BCUT2D eigenvalue weighted by atomic mass is 35.5. The predicted molar refractivity (Wildman–Crippen MR) is 59.6 cm³/mol. The molecule has 1 saturated heterocycles. The minimum Gasteiger partial charge on any atom is -0.340 e. The average Bonchev–Trinajstić information content (AvgIpc) is 2.03. The molecule has 5 heteroatoms. The molecule has 0 saturated carbocycles. The van der Waals surface area contributed by atoms with Crippen molar-refractivity contribution < 1.29 is 4.79 Å². The van der Waals surface area contributed by atoms with Crippen LogP contribution in [0.15, 0.2) is 0 Å². The summed E-state index contributed by atoms with van der Waals surface area (Å²) in [4.78, 5) is 15.3. The van der Waals surface area contributed by atoms with Crippen LogP contribution in [-0.4, -0.2) is 55.5 Å². The Labute approximate surface area is 91.8 Å². The van der Waals surface area contributed by atoms with Crippen LogP contribution in [0.25, 0.3) is 0 Å². The molecule has 0 aliphatic carbocycles. The molecule has 1 atom stereocenters. The van der Waals surface area contributed by atoms with E-state index in [2.05, 4.69) is 0 Å². The Morgan fingerprint density at radius 3 is 2.71 bits per heavy atom. The number of piperidine rings is 1. The molecule has 0 aromatic carbocycles. The van der Waals surface area contributed by atoms with Crippen molar-refractivity contribution in [2.24, 2.45) is 5.73 Å². The van der Waals surface area contributed by atoms with E-state index in [0.29, 0.717) is 6.54 Å². The Morgan fingerprint density at radius 1 is 1.57 bits per heavy atom. The predicted octanol–water partition coefficient (Wildman–Crippen LogP) is -0.0805. The molecule has 0 unspecified atom stereocenters. The summed E-state index contributed by atoms with van der Waals surface area (Å²) in [7, 11) is 3.81. The minimum atomic E-state index is 0. The number of likely N-dealkylation sites (tertiary alicyclic amines) is 1. The van der Waals surface area contributed by atoms with Crippen LogP contribution >= 0.6 is 12.4 Å². The van der Waals surface area contributed by atoms with E-state index < -0.39 is 0 Å². The van der Waals surface area contributed by atoms with Gasteiger partial charge in [0.25, 0.3) is 0 Å². The van der Waals surface area contributed by atoms with Gasteiger partial charge in [-0.2, -0.15) is 0 Å². The van der Waals surface area contributed by atoms with Gasteiger partial charge in [-0.15, -0.1) is 12.4 Å². The molecule has 1 rings (SSSR count). The fourth-order valence-electron chi connectivity index (χ4n) is 1.61. The lowest BCUT2D eigenvalue weighted by Crippen LogP contribution is -2.48. The lowest BCUT2D eigenvalue weighted by atomic mass is 10.1. The Hall–Kier alpha value is -0.320. The van der Waals surface area contributed by atoms with E-state index in [1.807, 2.05) is 23.9 Å². The third-order valence-electron chi connectivity index (χ3n) is 2.26. The number of hydrogen-bond donors (Lipinski definition) is 1. The lowest BCUT2D eigenvalue weighted by molar-refractivity contribution is -0.133. The Balaban J connectivity index is 0.00000169. The normalized spacial score (nSPS) is 22.0. The Bertz CT molecular complexity index is 187. The Kier molecular flexibility index (Phi) is 6.08. The van der Waals surface area contributed by atoms with E-state index >= 15 is 0 Å². The molecule has 1 amide bonds. The van der Waals surface area contributed by atoms with Crippen molar-refractivity contribution in [3.63, 3.8) is 0 Å². The van der Waals surface area contributed by atoms with Crippen molar-refractivity contribution in [3.8, 4) is 0 Å². The molecule has 0 spiro atoms. The van der Waals surface area contributed by atoms with Crippen molar-refractivity contribution >= 4 is 18.3 Å². The van der Waals surface area contributed by atoms with Crippen molar-refractivity contribution in [1.29, 1.82) is 0 Å². The molecule has 14 heavy (non-hydrogen) atoms. The summed E-state index contributed by atoms with van der Waals surface area (Å²) in [5.74, 6) is 0.195. The standard InChI is InChI=1S/C9H19N3O.ClH/c1-11(2)7-9(13)12-5-3-4-8(10)6-12;/h8H,3-7,10H2,1-2H3;1H/t8-;/m1./s1. The van der Waals surface area contributed by atoms with E-state index in [-0.39, 0.29) is 24.4 Å². The van der Waals surface area contributed by atoms with E-state index in [1.54, 1.807) is 0 Å². The highest BCUT2D eigenvalue weighted by molar-refractivity contribution is 5.85. The van der Waals surface area contributed by atoms with Crippen LogP contribution < -0.4 is 5.73 Å². The third-order valence-corrected chi connectivity index (χ3v) is 2.26. The summed E-state index contributed by atoms with van der Waals surface area (Å²) in [6, 6.07) is 0.180.